The van der Waals surface area contributed by atoms with Crippen molar-refractivity contribution in [1.29, 1.82) is 0 Å². The van der Waals surface area contributed by atoms with Gasteiger partial charge in [-0.25, -0.2) is 0 Å². The van der Waals surface area contributed by atoms with Gasteiger partial charge in [0.1, 0.15) is 0 Å². The Kier molecular flexibility index (Phi) is 2.91. The van der Waals surface area contributed by atoms with E-state index in [4.69, 9.17) is 0 Å². The molecule has 15 heavy (non-hydrogen) atoms. The highest BCUT2D eigenvalue weighted by atomic mass is 15.2. The van der Waals surface area contributed by atoms with E-state index in [9.17, 15) is 0 Å². The van der Waals surface area contributed by atoms with E-state index in [1.807, 2.05) is 0 Å². The first-order valence-electron chi connectivity index (χ1n) is 6.08. The second-order valence-electron chi connectivity index (χ2n) is 5.93. The smallest absolute Gasteiger partial charge is 0.0271 e. The van der Waals surface area contributed by atoms with E-state index in [2.05, 4.69) is 50.3 Å². The fraction of sp³-hybridized carbons (Fsp3) is 0.846. The second kappa shape index (κ2) is 3.91. The van der Waals surface area contributed by atoms with Crippen molar-refractivity contribution in [3.05, 3.63) is 12.2 Å². The van der Waals surface area contributed by atoms with E-state index >= 15 is 0 Å². The summed E-state index contributed by atoms with van der Waals surface area (Å²) in [5.41, 5.74) is 0.257. The van der Waals surface area contributed by atoms with Crippen LogP contribution in [0.5, 0.6) is 0 Å². The number of fused-ring (bicyclic) bond motifs is 1. The molecule has 1 saturated carbocycles. The zero-order valence-corrected chi connectivity index (χ0v) is 10.5. The third-order valence-corrected chi connectivity index (χ3v) is 4.37. The summed E-state index contributed by atoms with van der Waals surface area (Å²) >= 11 is 0. The van der Waals surface area contributed by atoms with Gasteiger partial charge >= 0.3 is 0 Å². The van der Waals surface area contributed by atoms with Crippen molar-refractivity contribution in [3.8, 4) is 0 Å². The van der Waals surface area contributed by atoms with Crippen LogP contribution in [0.4, 0.5) is 0 Å². The zero-order chi connectivity index (χ0) is 11.1. The van der Waals surface area contributed by atoms with Crippen LogP contribution >= 0.6 is 0 Å². The number of allylic oxidation sites excluding steroid dienone is 1. The summed E-state index contributed by atoms with van der Waals surface area (Å²) in [5.74, 6) is 1.80. The van der Waals surface area contributed by atoms with Crippen molar-refractivity contribution in [1.82, 2.24) is 10.2 Å². The van der Waals surface area contributed by atoms with E-state index in [1.165, 1.54) is 12.8 Å². The molecule has 0 radical (unpaired) electrons. The Hall–Kier alpha value is -0.340. The number of hydrogen-bond acceptors (Lipinski definition) is 2. The molecule has 2 heteroatoms. The summed E-state index contributed by atoms with van der Waals surface area (Å²) in [6.45, 7) is 5.67. The highest BCUT2D eigenvalue weighted by molar-refractivity contribution is 5.13. The van der Waals surface area contributed by atoms with Crippen molar-refractivity contribution in [2.24, 2.45) is 11.8 Å². The number of likely N-dealkylation sites (N-methyl/N-ethyl adjacent to an activating group) is 1. The van der Waals surface area contributed by atoms with Crippen molar-refractivity contribution in [2.75, 3.05) is 20.6 Å². The van der Waals surface area contributed by atoms with Gasteiger partial charge < -0.3 is 10.2 Å². The molecule has 86 valence electrons. The average molecular weight is 208 g/mol. The van der Waals surface area contributed by atoms with Gasteiger partial charge in [-0.3, -0.25) is 0 Å². The second-order valence-corrected chi connectivity index (χ2v) is 5.93. The first-order chi connectivity index (χ1) is 7.00. The van der Waals surface area contributed by atoms with Crippen molar-refractivity contribution in [2.45, 2.75) is 38.3 Å². The van der Waals surface area contributed by atoms with E-state index in [-0.39, 0.29) is 5.54 Å². The minimum atomic E-state index is 0.257. The molecule has 0 aromatic heterocycles. The normalized spacial score (nSPS) is 34.3. The lowest BCUT2D eigenvalue weighted by molar-refractivity contribution is 0.126. The molecule has 3 unspecified atom stereocenters. The first-order valence-corrected chi connectivity index (χ1v) is 6.08. The minimum Gasteiger partial charge on any atom is -0.312 e. The lowest BCUT2D eigenvalue weighted by atomic mass is 9.71. The van der Waals surface area contributed by atoms with Crippen molar-refractivity contribution in [3.63, 3.8) is 0 Å². The maximum absolute atomic E-state index is 3.72. The lowest BCUT2D eigenvalue weighted by Crippen LogP contribution is -2.55. The molecule has 2 aliphatic carbocycles. The Morgan fingerprint density at radius 1 is 1.40 bits per heavy atom. The van der Waals surface area contributed by atoms with Crippen LogP contribution in [0.25, 0.3) is 0 Å². The van der Waals surface area contributed by atoms with Crippen LogP contribution in [0.1, 0.15) is 26.7 Å². The number of nitrogens with one attached hydrogen (secondary N) is 1. The van der Waals surface area contributed by atoms with E-state index in [0.29, 0.717) is 0 Å². The van der Waals surface area contributed by atoms with Crippen LogP contribution in [-0.2, 0) is 0 Å². The first kappa shape index (κ1) is 11.2. The van der Waals surface area contributed by atoms with Gasteiger partial charge in [0.25, 0.3) is 0 Å². The molecule has 0 aromatic carbocycles. The van der Waals surface area contributed by atoms with Crippen molar-refractivity contribution >= 4 is 0 Å². The summed E-state index contributed by atoms with van der Waals surface area (Å²) in [6, 6.07) is 0.743. The molecule has 2 nitrogen and oxygen atoms in total. The molecular weight excluding hydrogens is 184 g/mol. The van der Waals surface area contributed by atoms with E-state index in [1.54, 1.807) is 0 Å². The predicted molar refractivity (Wildman–Crippen MR) is 64.9 cm³/mol. The molecule has 0 aliphatic heterocycles. The summed E-state index contributed by atoms with van der Waals surface area (Å²) in [5, 5.41) is 3.72. The van der Waals surface area contributed by atoms with Gasteiger partial charge in [-0.2, -0.15) is 0 Å². The van der Waals surface area contributed by atoms with Gasteiger partial charge in [0.15, 0.2) is 0 Å². The molecule has 3 atom stereocenters. The molecular formula is C13H24N2. The monoisotopic (exact) mass is 208 g/mol. The summed E-state index contributed by atoms with van der Waals surface area (Å²) < 4.78 is 0. The summed E-state index contributed by atoms with van der Waals surface area (Å²) in [6.07, 6.45) is 7.46. The van der Waals surface area contributed by atoms with Gasteiger partial charge in [-0.05, 0) is 52.6 Å². The number of nitrogens with zero attached hydrogens (tertiary/aromatic N) is 1. The van der Waals surface area contributed by atoms with Crippen LogP contribution in [-0.4, -0.2) is 37.1 Å². The molecule has 2 aliphatic rings. The molecule has 0 spiro atoms. The third kappa shape index (κ3) is 2.11. The van der Waals surface area contributed by atoms with Gasteiger partial charge in [0, 0.05) is 18.1 Å². The predicted octanol–water partition coefficient (Wildman–Crippen LogP) is 1.88. The molecule has 0 amide bonds. The van der Waals surface area contributed by atoms with Gasteiger partial charge in [0.05, 0.1) is 0 Å². The molecule has 1 N–H and O–H groups in total. The Morgan fingerprint density at radius 2 is 2.13 bits per heavy atom. The maximum atomic E-state index is 3.72. The SMILES string of the molecule is CN(C)C(C)(C)CNC1CC2CC=CC21. The molecule has 2 rings (SSSR count). The zero-order valence-electron chi connectivity index (χ0n) is 10.5. The summed E-state index contributed by atoms with van der Waals surface area (Å²) in [4.78, 5) is 2.29. The Bertz CT molecular complexity index is 255. The third-order valence-electron chi connectivity index (χ3n) is 4.37. The largest absolute Gasteiger partial charge is 0.312 e. The number of rotatable bonds is 4. The van der Waals surface area contributed by atoms with Gasteiger partial charge in [-0.1, -0.05) is 12.2 Å². The highest BCUT2D eigenvalue weighted by Crippen LogP contribution is 2.42. The maximum Gasteiger partial charge on any atom is 0.0271 e. The molecule has 0 aromatic rings. The van der Waals surface area contributed by atoms with Gasteiger partial charge in [-0.15, -0.1) is 0 Å². The highest BCUT2D eigenvalue weighted by Gasteiger charge is 2.41. The van der Waals surface area contributed by atoms with Crippen molar-refractivity contribution < 1.29 is 0 Å². The minimum absolute atomic E-state index is 0.257. The molecule has 0 saturated heterocycles. The molecule has 0 bridgehead atoms. The van der Waals surface area contributed by atoms with Gasteiger partial charge in [0.2, 0.25) is 0 Å². The molecule has 0 heterocycles. The van der Waals surface area contributed by atoms with Crippen LogP contribution in [0, 0.1) is 11.8 Å². The van der Waals surface area contributed by atoms with E-state index in [0.717, 1.165) is 24.4 Å². The molecule has 1 fully saturated rings. The number of hydrogen-bond donors (Lipinski definition) is 1. The fourth-order valence-corrected chi connectivity index (χ4v) is 2.49. The lowest BCUT2D eigenvalue weighted by Gasteiger charge is -2.43. The van der Waals surface area contributed by atoms with Crippen LogP contribution in [0.15, 0.2) is 12.2 Å². The average Bonchev–Trinajstić information content (AvgIpc) is 2.47. The van der Waals surface area contributed by atoms with Crippen LogP contribution in [0.2, 0.25) is 0 Å². The Labute approximate surface area is 93.7 Å². The Morgan fingerprint density at radius 3 is 2.73 bits per heavy atom. The fourth-order valence-electron chi connectivity index (χ4n) is 2.49. The quantitative estimate of drug-likeness (QED) is 0.710. The topological polar surface area (TPSA) is 15.3 Å². The van der Waals surface area contributed by atoms with Crippen LogP contribution in [0.3, 0.4) is 0 Å². The van der Waals surface area contributed by atoms with E-state index < -0.39 is 0 Å². The van der Waals surface area contributed by atoms with Crippen LogP contribution < -0.4 is 5.32 Å². The summed E-state index contributed by atoms with van der Waals surface area (Å²) in [7, 11) is 4.31. The standard InChI is InChI=1S/C13H24N2/c1-13(2,15(3)4)9-14-12-8-10-6-5-7-11(10)12/h5,7,10-12,14H,6,8-9H2,1-4H3. The Balaban J connectivity index is 1.77.